The Morgan fingerprint density at radius 2 is 1.96 bits per heavy atom. The molecule has 1 aliphatic heterocycles. The van der Waals surface area contributed by atoms with Crippen LogP contribution in [0.4, 0.5) is 10.2 Å². The van der Waals surface area contributed by atoms with Crippen molar-refractivity contribution in [3.05, 3.63) is 65.6 Å². The highest BCUT2D eigenvalue weighted by Crippen LogP contribution is 2.30. The monoisotopic (exact) mass is 378 g/mol. The molecule has 6 heteroatoms. The molecule has 4 rings (SSSR count). The molecule has 0 saturated carbocycles. The van der Waals surface area contributed by atoms with Crippen LogP contribution < -0.4 is 10.2 Å². The Balaban J connectivity index is 1.63. The van der Waals surface area contributed by atoms with Gasteiger partial charge in [-0.3, -0.25) is 4.79 Å². The van der Waals surface area contributed by atoms with Crippen molar-refractivity contribution in [3.63, 3.8) is 0 Å². The number of amides is 1. The standard InChI is InChI=1S/C22H23FN4O/c1-15-7-4-5-12-27(15)21-19-11-3-2-10-18(19)20(25-26-21)22(28)24-14-16-8-6-9-17(23)13-16/h2-3,6,8-11,13,15H,4-5,7,12,14H2,1H3,(H,24,28). The fourth-order valence-electron chi connectivity index (χ4n) is 3.80. The molecule has 0 bridgehead atoms. The molecular formula is C22H23FN4O. The van der Waals surface area contributed by atoms with Gasteiger partial charge in [0.15, 0.2) is 11.5 Å². The van der Waals surface area contributed by atoms with Crippen LogP contribution in [0.5, 0.6) is 0 Å². The van der Waals surface area contributed by atoms with E-state index in [2.05, 4.69) is 27.3 Å². The van der Waals surface area contributed by atoms with Gasteiger partial charge in [0.05, 0.1) is 0 Å². The van der Waals surface area contributed by atoms with Gasteiger partial charge in [-0.2, -0.15) is 0 Å². The predicted octanol–water partition coefficient (Wildman–Crippen LogP) is 4.08. The van der Waals surface area contributed by atoms with Gasteiger partial charge in [0.1, 0.15) is 5.82 Å². The molecule has 0 radical (unpaired) electrons. The second-order valence-electron chi connectivity index (χ2n) is 7.27. The van der Waals surface area contributed by atoms with E-state index in [0.29, 0.717) is 17.3 Å². The number of anilines is 1. The maximum absolute atomic E-state index is 13.3. The molecule has 2 heterocycles. The number of carbonyl (C=O) groups is 1. The summed E-state index contributed by atoms with van der Waals surface area (Å²) in [7, 11) is 0. The Labute approximate surface area is 163 Å². The smallest absolute Gasteiger partial charge is 0.272 e. The number of hydrogen-bond donors (Lipinski definition) is 1. The van der Waals surface area contributed by atoms with Crippen molar-refractivity contribution in [2.45, 2.75) is 38.8 Å². The number of benzene rings is 2. The van der Waals surface area contributed by atoms with Crippen LogP contribution in [0.1, 0.15) is 42.2 Å². The molecule has 1 unspecified atom stereocenters. The van der Waals surface area contributed by atoms with E-state index in [1.807, 2.05) is 24.3 Å². The molecule has 1 aromatic heterocycles. The summed E-state index contributed by atoms with van der Waals surface area (Å²) >= 11 is 0. The van der Waals surface area contributed by atoms with Crippen molar-refractivity contribution in [3.8, 4) is 0 Å². The first-order valence-corrected chi connectivity index (χ1v) is 9.68. The van der Waals surface area contributed by atoms with Crippen molar-refractivity contribution in [1.82, 2.24) is 15.5 Å². The quantitative estimate of drug-likeness (QED) is 0.743. The molecular weight excluding hydrogens is 355 g/mol. The van der Waals surface area contributed by atoms with Crippen LogP contribution in [0, 0.1) is 5.82 Å². The number of aromatic nitrogens is 2. The van der Waals surface area contributed by atoms with Crippen LogP contribution in [0.15, 0.2) is 48.5 Å². The first kappa shape index (κ1) is 18.3. The van der Waals surface area contributed by atoms with E-state index in [1.165, 1.54) is 18.6 Å². The van der Waals surface area contributed by atoms with E-state index in [4.69, 9.17) is 0 Å². The SMILES string of the molecule is CC1CCCCN1c1nnc(C(=O)NCc2cccc(F)c2)c2ccccc12. The molecule has 1 saturated heterocycles. The van der Waals surface area contributed by atoms with Gasteiger partial charge in [-0.15, -0.1) is 10.2 Å². The number of hydrogen-bond acceptors (Lipinski definition) is 4. The maximum atomic E-state index is 13.3. The summed E-state index contributed by atoms with van der Waals surface area (Å²) in [4.78, 5) is 15.0. The fraction of sp³-hybridized carbons (Fsp3) is 0.318. The number of halogens is 1. The van der Waals surface area contributed by atoms with Crippen molar-refractivity contribution in [2.75, 3.05) is 11.4 Å². The summed E-state index contributed by atoms with van der Waals surface area (Å²) in [5.41, 5.74) is 0.991. The van der Waals surface area contributed by atoms with E-state index < -0.39 is 0 Å². The van der Waals surface area contributed by atoms with Gasteiger partial charge in [-0.25, -0.2) is 4.39 Å². The van der Waals surface area contributed by atoms with Gasteiger partial charge in [0.2, 0.25) is 0 Å². The first-order chi connectivity index (χ1) is 13.6. The van der Waals surface area contributed by atoms with Crippen LogP contribution in [-0.2, 0) is 6.54 Å². The molecule has 3 aromatic rings. The van der Waals surface area contributed by atoms with Crippen LogP contribution >= 0.6 is 0 Å². The molecule has 1 aliphatic rings. The lowest BCUT2D eigenvalue weighted by atomic mass is 10.0. The molecule has 0 spiro atoms. The molecule has 1 fully saturated rings. The minimum atomic E-state index is -0.322. The third-order valence-corrected chi connectivity index (χ3v) is 5.30. The molecule has 5 nitrogen and oxygen atoms in total. The number of fused-ring (bicyclic) bond motifs is 1. The average Bonchev–Trinajstić information content (AvgIpc) is 2.72. The Morgan fingerprint density at radius 3 is 2.75 bits per heavy atom. The Kier molecular flexibility index (Phi) is 5.19. The molecule has 1 amide bonds. The number of nitrogens with zero attached hydrogens (tertiary/aromatic N) is 3. The lowest BCUT2D eigenvalue weighted by Gasteiger charge is -2.34. The van der Waals surface area contributed by atoms with Gasteiger partial charge in [-0.1, -0.05) is 36.4 Å². The number of nitrogens with one attached hydrogen (secondary N) is 1. The zero-order chi connectivity index (χ0) is 19.5. The maximum Gasteiger partial charge on any atom is 0.272 e. The number of rotatable bonds is 4. The van der Waals surface area contributed by atoms with Crippen LogP contribution in [0.3, 0.4) is 0 Å². The lowest BCUT2D eigenvalue weighted by Crippen LogP contribution is -2.38. The second kappa shape index (κ2) is 7.92. The molecule has 0 aliphatic carbocycles. The summed E-state index contributed by atoms with van der Waals surface area (Å²) in [6, 6.07) is 14.3. The third-order valence-electron chi connectivity index (χ3n) is 5.30. The summed E-state index contributed by atoms with van der Waals surface area (Å²) in [5.74, 6) is 0.202. The molecule has 2 aromatic carbocycles. The third kappa shape index (κ3) is 3.67. The zero-order valence-corrected chi connectivity index (χ0v) is 15.9. The van der Waals surface area contributed by atoms with Gasteiger partial charge >= 0.3 is 0 Å². The fourth-order valence-corrected chi connectivity index (χ4v) is 3.80. The molecule has 144 valence electrons. The predicted molar refractivity (Wildman–Crippen MR) is 108 cm³/mol. The van der Waals surface area contributed by atoms with Crippen LogP contribution in [0.25, 0.3) is 10.8 Å². The molecule has 28 heavy (non-hydrogen) atoms. The van der Waals surface area contributed by atoms with Crippen molar-refractivity contribution < 1.29 is 9.18 Å². The van der Waals surface area contributed by atoms with E-state index in [9.17, 15) is 9.18 Å². The van der Waals surface area contributed by atoms with Crippen LogP contribution in [0.2, 0.25) is 0 Å². The zero-order valence-electron chi connectivity index (χ0n) is 15.9. The van der Waals surface area contributed by atoms with Crippen molar-refractivity contribution in [1.29, 1.82) is 0 Å². The Bertz CT molecular complexity index is 1010. The Hall–Kier alpha value is -3.02. The topological polar surface area (TPSA) is 58.1 Å². The van der Waals surface area contributed by atoms with E-state index in [1.54, 1.807) is 12.1 Å². The summed E-state index contributed by atoms with van der Waals surface area (Å²) in [6.45, 7) is 3.39. The highest BCUT2D eigenvalue weighted by Gasteiger charge is 2.24. The highest BCUT2D eigenvalue weighted by atomic mass is 19.1. The summed E-state index contributed by atoms with van der Waals surface area (Å²) in [5, 5.41) is 13.2. The minimum Gasteiger partial charge on any atom is -0.352 e. The van der Waals surface area contributed by atoms with Crippen molar-refractivity contribution in [2.24, 2.45) is 0 Å². The van der Waals surface area contributed by atoms with Gasteiger partial charge < -0.3 is 10.2 Å². The number of piperidine rings is 1. The lowest BCUT2D eigenvalue weighted by molar-refractivity contribution is 0.0946. The highest BCUT2D eigenvalue weighted by molar-refractivity contribution is 6.07. The molecule has 1 atom stereocenters. The average molecular weight is 378 g/mol. The van der Waals surface area contributed by atoms with Gasteiger partial charge in [0.25, 0.3) is 5.91 Å². The summed E-state index contributed by atoms with van der Waals surface area (Å²) < 4.78 is 13.3. The van der Waals surface area contributed by atoms with Gasteiger partial charge in [-0.05, 0) is 43.9 Å². The normalized spacial score (nSPS) is 16.9. The van der Waals surface area contributed by atoms with E-state index in [0.717, 1.165) is 36.0 Å². The van der Waals surface area contributed by atoms with Crippen LogP contribution in [-0.4, -0.2) is 28.7 Å². The minimum absolute atomic E-state index is 0.234. The molecule has 1 N–H and O–H groups in total. The Morgan fingerprint density at radius 1 is 1.14 bits per heavy atom. The first-order valence-electron chi connectivity index (χ1n) is 9.68. The van der Waals surface area contributed by atoms with Crippen molar-refractivity contribution >= 4 is 22.5 Å². The van der Waals surface area contributed by atoms with E-state index in [-0.39, 0.29) is 18.3 Å². The van der Waals surface area contributed by atoms with E-state index >= 15 is 0 Å². The largest absolute Gasteiger partial charge is 0.352 e. The summed E-state index contributed by atoms with van der Waals surface area (Å²) in [6.07, 6.45) is 3.49. The second-order valence-corrected chi connectivity index (χ2v) is 7.27. The number of carbonyl (C=O) groups excluding carboxylic acids is 1. The van der Waals surface area contributed by atoms with Gasteiger partial charge in [0, 0.05) is 29.9 Å².